The molecule has 0 saturated carbocycles. The van der Waals surface area contributed by atoms with Gasteiger partial charge in [-0.1, -0.05) is 140 Å². The topological polar surface area (TPSA) is 35.6 Å². The van der Waals surface area contributed by atoms with Crippen molar-refractivity contribution in [2.45, 2.75) is 0 Å². The minimum absolute atomic E-state index is 0.642. The predicted molar refractivity (Wildman–Crippen MR) is 240 cm³/mol. The molecule has 4 aromatic heterocycles. The van der Waals surface area contributed by atoms with E-state index >= 15 is 0 Å². The summed E-state index contributed by atoms with van der Waals surface area (Å²) in [6.45, 7) is 0. The van der Waals surface area contributed by atoms with Gasteiger partial charge in [0.25, 0.3) is 0 Å². The minimum Gasteiger partial charge on any atom is -0.309 e. The summed E-state index contributed by atoms with van der Waals surface area (Å²) in [5.41, 5.74) is 11.9. The summed E-state index contributed by atoms with van der Waals surface area (Å²) in [6.07, 6.45) is 0. The molecule has 0 amide bonds. The predicted octanol–water partition coefficient (Wildman–Crippen LogP) is 14.0. The molecule has 0 spiro atoms. The van der Waals surface area contributed by atoms with E-state index in [0.29, 0.717) is 5.95 Å². The van der Waals surface area contributed by atoms with E-state index in [2.05, 4.69) is 203 Å². The second-order valence-corrected chi connectivity index (χ2v) is 15.6. The van der Waals surface area contributed by atoms with Gasteiger partial charge in [0.15, 0.2) is 0 Å². The zero-order chi connectivity index (χ0) is 37.5. The van der Waals surface area contributed by atoms with Crippen LogP contribution in [0.4, 0.5) is 0 Å². The molecular weight excluding hydrogens is 713 g/mol. The van der Waals surface area contributed by atoms with Crippen molar-refractivity contribution in [2.24, 2.45) is 0 Å². The van der Waals surface area contributed by atoms with Crippen LogP contribution in [-0.2, 0) is 0 Å². The Kier molecular flexibility index (Phi) is 7.06. The number of thiophene rings is 1. The van der Waals surface area contributed by atoms with Crippen molar-refractivity contribution < 1.29 is 0 Å². The highest BCUT2D eigenvalue weighted by Crippen LogP contribution is 2.42. The van der Waals surface area contributed by atoms with Crippen LogP contribution in [0.2, 0.25) is 0 Å². The van der Waals surface area contributed by atoms with Crippen LogP contribution in [0.15, 0.2) is 194 Å². The molecule has 12 rings (SSSR count). The van der Waals surface area contributed by atoms with Crippen LogP contribution in [0.25, 0.3) is 109 Å². The molecule has 0 aliphatic carbocycles. The minimum atomic E-state index is 0.642. The van der Waals surface area contributed by atoms with Gasteiger partial charge < -0.3 is 4.57 Å². The van der Waals surface area contributed by atoms with Crippen molar-refractivity contribution in [2.75, 3.05) is 0 Å². The molecule has 0 aliphatic heterocycles. The molecular formula is C52H32N4S. The Morgan fingerprint density at radius 1 is 0.351 bits per heavy atom. The van der Waals surface area contributed by atoms with Crippen LogP contribution < -0.4 is 0 Å². The van der Waals surface area contributed by atoms with Gasteiger partial charge in [0.2, 0.25) is 5.95 Å². The number of para-hydroxylation sites is 3. The third-order valence-corrected chi connectivity index (χ3v) is 12.6. The van der Waals surface area contributed by atoms with Gasteiger partial charge >= 0.3 is 0 Å². The highest BCUT2D eigenvalue weighted by molar-refractivity contribution is 7.26. The van der Waals surface area contributed by atoms with Crippen molar-refractivity contribution in [3.8, 4) is 45.3 Å². The third-order valence-electron chi connectivity index (χ3n) is 11.3. The van der Waals surface area contributed by atoms with Crippen molar-refractivity contribution in [3.05, 3.63) is 194 Å². The Morgan fingerprint density at radius 3 is 1.68 bits per heavy atom. The highest BCUT2D eigenvalue weighted by atomic mass is 32.1. The molecule has 0 atom stereocenters. The standard InChI is InChI=1S/C52H32N4S/c1-3-15-33(16-4-1)34-17-13-18-35(29-34)44-32-45(41-25-14-24-40-39-23-9-12-28-50(39)57-51(40)41)54-52(53-44)56-47-27-11-8-22-38(47)43-30-48-42(31-49(43)56)37-21-7-10-26-46(37)55(48)36-19-5-2-6-20-36/h1-32H. The summed E-state index contributed by atoms with van der Waals surface area (Å²) in [6, 6.07) is 69.5. The second-order valence-electron chi connectivity index (χ2n) is 14.6. The lowest BCUT2D eigenvalue weighted by Crippen LogP contribution is -2.04. The van der Waals surface area contributed by atoms with Crippen LogP contribution in [0.5, 0.6) is 0 Å². The monoisotopic (exact) mass is 744 g/mol. The van der Waals surface area contributed by atoms with Crippen LogP contribution in [0.1, 0.15) is 0 Å². The Morgan fingerprint density at radius 2 is 0.912 bits per heavy atom. The van der Waals surface area contributed by atoms with Crippen LogP contribution in [0.3, 0.4) is 0 Å². The van der Waals surface area contributed by atoms with Gasteiger partial charge in [-0.3, -0.25) is 4.57 Å². The summed E-state index contributed by atoms with van der Waals surface area (Å²) in [5, 5.41) is 7.23. The van der Waals surface area contributed by atoms with E-state index in [9.17, 15) is 0 Å². The maximum absolute atomic E-state index is 5.52. The Balaban J connectivity index is 1.17. The number of aromatic nitrogens is 4. The van der Waals surface area contributed by atoms with E-state index in [-0.39, 0.29) is 0 Å². The van der Waals surface area contributed by atoms with Crippen LogP contribution in [-0.4, -0.2) is 19.1 Å². The number of hydrogen-bond acceptors (Lipinski definition) is 3. The average Bonchev–Trinajstić information content (AvgIpc) is 3.93. The van der Waals surface area contributed by atoms with Crippen LogP contribution in [0, 0.1) is 0 Å². The second kappa shape index (κ2) is 12.6. The van der Waals surface area contributed by atoms with E-state index in [1.807, 2.05) is 11.3 Å². The number of rotatable bonds is 5. The van der Waals surface area contributed by atoms with Crippen molar-refractivity contribution in [3.63, 3.8) is 0 Å². The number of benzene rings is 8. The van der Waals surface area contributed by atoms with Gasteiger partial charge in [0.1, 0.15) is 0 Å². The largest absolute Gasteiger partial charge is 0.309 e. The molecule has 57 heavy (non-hydrogen) atoms. The molecule has 266 valence electrons. The molecule has 8 aromatic carbocycles. The lowest BCUT2D eigenvalue weighted by Gasteiger charge is -2.13. The molecule has 0 radical (unpaired) electrons. The summed E-state index contributed by atoms with van der Waals surface area (Å²) in [7, 11) is 0. The zero-order valence-electron chi connectivity index (χ0n) is 30.7. The van der Waals surface area contributed by atoms with Crippen LogP contribution >= 0.6 is 11.3 Å². The van der Waals surface area contributed by atoms with Crippen molar-refractivity contribution >= 4 is 75.1 Å². The fourth-order valence-corrected chi connectivity index (χ4v) is 9.98. The van der Waals surface area contributed by atoms with Gasteiger partial charge in [0, 0.05) is 58.5 Å². The quantitative estimate of drug-likeness (QED) is 0.176. The lowest BCUT2D eigenvalue weighted by atomic mass is 10.0. The maximum Gasteiger partial charge on any atom is 0.235 e. The Bertz CT molecular complexity index is 3520. The molecule has 0 bridgehead atoms. The SMILES string of the molecule is c1ccc(-c2cccc(-c3cc(-c4cccc5c4sc4ccccc45)nc(-n4c5ccccc5c5cc6c(cc54)c4ccccc4n6-c4ccccc4)n3)c2)cc1. The number of fused-ring (bicyclic) bond motifs is 9. The smallest absolute Gasteiger partial charge is 0.235 e. The molecule has 12 aromatic rings. The number of nitrogens with zero attached hydrogens (tertiary/aromatic N) is 4. The molecule has 4 heterocycles. The molecule has 4 nitrogen and oxygen atoms in total. The van der Waals surface area contributed by atoms with E-state index < -0.39 is 0 Å². The highest BCUT2D eigenvalue weighted by Gasteiger charge is 2.21. The summed E-state index contributed by atoms with van der Waals surface area (Å²) in [4.78, 5) is 11.0. The Labute approximate surface area is 332 Å². The lowest BCUT2D eigenvalue weighted by molar-refractivity contribution is 0.997. The van der Waals surface area contributed by atoms with E-state index in [4.69, 9.17) is 9.97 Å². The first kappa shape index (κ1) is 32.0. The molecule has 0 unspecified atom stereocenters. The van der Waals surface area contributed by atoms with E-state index in [1.54, 1.807) is 0 Å². The fourth-order valence-electron chi connectivity index (χ4n) is 8.76. The van der Waals surface area contributed by atoms with E-state index in [1.165, 1.54) is 47.5 Å². The Hall–Kier alpha value is -7.34. The van der Waals surface area contributed by atoms with Crippen molar-refractivity contribution in [1.29, 1.82) is 0 Å². The van der Waals surface area contributed by atoms with Crippen molar-refractivity contribution in [1.82, 2.24) is 19.1 Å². The van der Waals surface area contributed by atoms with Gasteiger partial charge in [0.05, 0.1) is 33.5 Å². The summed E-state index contributed by atoms with van der Waals surface area (Å²) < 4.78 is 7.16. The van der Waals surface area contributed by atoms with Gasteiger partial charge in [-0.15, -0.1) is 11.3 Å². The first-order chi connectivity index (χ1) is 28.3. The maximum atomic E-state index is 5.52. The van der Waals surface area contributed by atoms with Gasteiger partial charge in [-0.05, 0) is 65.7 Å². The first-order valence-corrected chi connectivity index (χ1v) is 20.1. The van der Waals surface area contributed by atoms with Gasteiger partial charge in [-0.25, -0.2) is 9.97 Å². The normalized spacial score (nSPS) is 11.9. The molecule has 0 saturated heterocycles. The molecule has 5 heteroatoms. The first-order valence-electron chi connectivity index (χ1n) is 19.2. The average molecular weight is 745 g/mol. The summed E-state index contributed by atoms with van der Waals surface area (Å²) in [5.74, 6) is 0.642. The molecule has 0 fully saturated rings. The zero-order valence-corrected chi connectivity index (χ0v) is 31.5. The van der Waals surface area contributed by atoms with E-state index in [0.717, 1.165) is 55.6 Å². The molecule has 0 N–H and O–H groups in total. The fraction of sp³-hybridized carbons (Fsp3) is 0. The summed E-state index contributed by atoms with van der Waals surface area (Å²) >= 11 is 1.83. The third kappa shape index (κ3) is 4.99. The number of hydrogen-bond donors (Lipinski definition) is 0. The molecule has 0 aliphatic rings. The van der Waals surface area contributed by atoms with Gasteiger partial charge in [-0.2, -0.15) is 0 Å².